The lowest BCUT2D eigenvalue weighted by Crippen LogP contribution is -2.57. The van der Waals surface area contributed by atoms with Gasteiger partial charge in [0.1, 0.15) is 18.1 Å². The van der Waals surface area contributed by atoms with Crippen molar-refractivity contribution < 1.29 is 28.7 Å². The van der Waals surface area contributed by atoms with Crippen LogP contribution in [0.4, 0.5) is 21.9 Å². The highest BCUT2D eigenvalue weighted by atomic mass is 16.5. The number of para-hydroxylation sites is 1. The summed E-state index contributed by atoms with van der Waals surface area (Å²) < 4.78 is 4.76. The van der Waals surface area contributed by atoms with Crippen LogP contribution in [0, 0.1) is 5.41 Å². The number of amides is 5. The summed E-state index contributed by atoms with van der Waals surface area (Å²) in [6.45, 7) is 15.4. The fourth-order valence-corrected chi connectivity index (χ4v) is 7.92. The number of ether oxygens (including phenoxy) is 1. The first-order chi connectivity index (χ1) is 27.7. The van der Waals surface area contributed by atoms with Crippen molar-refractivity contribution >= 4 is 46.8 Å². The smallest absolute Gasteiger partial charge is 0.407 e. The molecule has 0 aliphatic carbocycles. The van der Waals surface area contributed by atoms with E-state index in [9.17, 15) is 24.0 Å². The lowest BCUT2D eigenvalue weighted by molar-refractivity contribution is -0.140. The average Bonchev–Trinajstić information content (AvgIpc) is 3.92. The van der Waals surface area contributed by atoms with E-state index in [4.69, 9.17) is 4.74 Å². The Bertz CT molecular complexity index is 1860. The van der Waals surface area contributed by atoms with Gasteiger partial charge in [-0.2, -0.15) is 0 Å². The number of methoxy groups -OCH3 is 1. The minimum atomic E-state index is -0.850. The van der Waals surface area contributed by atoms with Crippen LogP contribution in [0.5, 0.6) is 0 Å². The Morgan fingerprint density at radius 3 is 1.62 bits per heavy atom. The number of nitrogens with one attached hydrogen (secondary N) is 3. The van der Waals surface area contributed by atoms with E-state index in [2.05, 4.69) is 37.9 Å². The molecule has 58 heavy (non-hydrogen) atoms. The lowest BCUT2D eigenvalue weighted by Gasteiger charge is -2.35. The van der Waals surface area contributed by atoms with Crippen LogP contribution in [0.3, 0.4) is 0 Å². The van der Waals surface area contributed by atoms with Crippen LogP contribution < -0.4 is 20.9 Å². The molecule has 2 heterocycles. The molecule has 5 amide bonds. The molecule has 0 radical (unpaired) electrons. The number of carbonyl (C=O) groups is 5. The lowest BCUT2D eigenvalue weighted by atomic mass is 9.85. The monoisotopic (exact) mass is 795 g/mol. The summed E-state index contributed by atoms with van der Waals surface area (Å²) in [6, 6.07) is 23.4. The summed E-state index contributed by atoms with van der Waals surface area (Å²) in [5.41, 5.74) is 3.86. The van der Waals surface area contributed by atoms with Gasteiger partial charge in [-0.3, -0.25) is 24.1 Å². The molecule has 13 nitrogen and oxygen atoms in total. The van der Waals surface area contributed by atoms with E-state index in [0.29, 0.717) is 56.8 Å². The molecule has 2 saturated heterocycles. The zero-order valence-corrected chi connectivity index (χ0v) is 35.1. The Morgan fingerprint density at radius 1 is 0.724 bits per heavy atom. The summed E-state index contributed by atoms with van der Waals surface area (Å²) in [4.78, 5) is 73.7. The highest BCUT2D eigenvalue weighted by molar-refractivity contribution is 5.99. The van der Waals surface area contributed by atoms with Gasteiger partial charge >= 0.3 is 6.09 Å². The number of anilines is 3. The molecule has 0 bridgehead atoms. The zero-order chi connectivity index (χ0) is 42.0. The molecule has 0 aromatic heterocycles. The molecule has 2 aliphatic heterocycles. The van der Waals surface area contributed by atoms with Gasteiger partial charge in [0.2, 0.25) is 23.6 Å². The SMILES string of the molecule is CCN(CC)[C@H](C)C(=O)N1CCC[C@H]1C(=O)Nc1ccc(CN(Cc2ccc(NC(=O)[C@@H]3CCCN3C(=O)[C@@H](NC(=O)OC)C(C)(C)C)cc2)c2ccccc2)cc1. The molecule has 13 heteroatoms. The first-order valence-corrected chi connectivity index (χ1v) is 20.5. The van der Waals surface area contributed by atoms with Gasteiger partial charge in [-0.25, -0.2) is 4.79 Å². The van der Waals surface area contributed by atoms with Crippen LogP contribution in [-0.2, 0) is 37.0 Å². The second-order valence-corrected chi connectivity index (χ2v) is 16.3. The van der Waals surface area contributed by atoms with E-state index >= 15 is 0 Å². The number of carbonyl (C=O) groups excluding carboxylic acids is 5. The van der Waals surface area contributed by atoms with Gasteiger partial charge in [0, 0.05) is 43.2 Å². The van der Waals surface area contributed by atoms with Crippen LogP contribution >= 0.6 is 0 Å². The van der Waals surface area contributed by atoms with E-state index in [-0.39, 0.29) is 29.7 Å². The van der Waals surface area contributed by atoms with E-state index in [0.717, 1.165) is 36.3 Å². The van der Waals surface area contributed by atoms with E-state index < -0.39 is 29.6 Å². The van der Waals surface area contributed by atoms with Crippen LogP contribution in [0.2, 0.25) is 0 Å². The maximum Gasteiger partial charge on any atom is 0.407 e. The largest absolute Gasteiger partial charge is 0.453 e. The van der Waals surface area contributed by atoms with E-state index in [1.165, 1.54) is 7.11 Å². The molecule has 0 saturated carbocycles. The van der Waals surface area contributed by atoms with E-state index in [1.54, 1.807) is 9.80 Å². The Balaban J connectivity index is 1.21. The highest BCUT2D eigenvalue weighted by Gasteiger charge is 2.42. The van der Waals surface area contributed by atoms with Crippen LogP contribution in [-0.4, -0.2) is 102 Å². The van der Waals surface area contributed by atoms with Gasteiger partial charge in [0.05, 0.1) is 13.2 Å². The third-order valence-corrected chi connectivity index (χ3v) is 11.3. The molecule has 5 rings (SSSR count). The Morgan fingerprint density at radius 2 is 1.19 bits per heavy atom. The van der Waals surface area contributed by atoms with Crippen LogP contribution in [0.25, 0.3) is 0 Å². The average molecular weight is 796 g/mol. The van der Waals surface area contributed by atoms with Gasteiger partial charge < -0.3 is 35.4 Å². The van der Waals surface area contributed by atoms with Crippen molar-refractivity contribution in [3.63, 3.8) is 0 Å². The topological polar surface area (TPSA) is 144 Å². The molecular weight excluding hydrogens is 735 g/mol. The van der Waals surface area contributed by atoms with Crippen molar-refractivity contribution in [1.82, 2.24) is 20.0 Å². The Labute approximate surface area is 343 Å². The van der Waals surface area contributed by atoms with Crippen molar-refractivity contribution in [2.45, 2.75) is 104 Å². The molecule has 0 spiro atoms. The quantitative estimate of drug-likeness (QED) is 0.164. The summed E-state index contributed by atoms with van der Waals surface area (Å²) in [6.07, 6.45) is 1.97. The van der Waals surface area contributed by atoms with Crippen LogP contribution in [0.15, 0.2) is 78.9 Å². The maximum absolute atomic E-state index is 13.6. The predicted octanol–water partition coefficient (Wildman–Crippen LogP) is 6.25. The molecule has 2 fully saturated rings. The van der Waals surface area contributed by atoms with Crippen molar-refractivity contribution in [3.8, 4) is 0 Å². The van der Waals surface area contributed by atoms with Crippen molar-refractivity contribution in [1.29, 1.82) is 0 Å². The fourth-order valence-electron chi connectivity index (χ4n) is 7.92. The van der Waals surface area contributed by atoms with E-state index in [1.807, 2.05) is 108 Å². The van der Waals surface area contributed by atoms with Gasteiger partial charge in [0.25, 0.3) is 0 Å². The molecule has 312 valence electrons. The van der Waals surface area contributed by atoms with Gasteiger partial charge in [0.15, 0.2) is 0 Å². The van der Waals surface area contributed by atoms with Crippen molar-refractivity contribution in [3.05, 3.63) is 90.0 Å². The van der Waals surface area contributed by atoms with Crippen LogP contribution in [0.1, 0.15) is 78.4 Å². The van der Waals surface area contributed by atoms with Gasteiger partial charge in [-0.15, -0.1) is 0 Å². The number of nitrogens with zero attached hydrogens (tertiary/aromatic N) is 4. The normalized spacial score (nSPS) is 17.7. The molecular formula is C45H61N7O6. The molecule has 2 aliphatic rings. The maximum atomic E-state index is 13.6. The summed E-state index contributed by atoms with van der Waals surface area (Å²) in [7, 11) is 1.25. The summed E-state index contributed by atoms with van der Waals surface area (Å²) >= 11 is 0. The van der Waals surface area contributed by atoms with Gasteiger partial charge in [-0.05, 0) is 98.6 Å². The molecule has 3 N–H and O–H groups in total. The summed E-state index contributed by atoms with van der Waals surface area (Å²) in [5, 5.41) is 8.71. The minimum Gasteiger partial charge on any atom is -0.453 e. The zero-order valence-electron chi connectivity index (χ0n) is 35.1. The molecule has 3 aromatic carbocycles. The standard InChI is InChI=1S/C45H61N7O6/c1-8-49(9-2)31(3)42(55)51-27-13-17-37(51)40(53)46-34-23-19-32(20-24-34)29-50(36-15-11-10-12-16-36)30-33-21-25-35(26-22-33)47-41(54)38-18-14-28-52(38)43(56)39(45(4,5)6)48-44(57)58-7/h10-12,15-16,19-26,31,37-39H,8-9,13-14,17-18,27-30H2,1-7H3,(H,46,53)(H,47,54)(H,48,57)/t31-,37+,38+,39-/m1/s1. The predicted molar refractivity (Wildman–Crippen MR) is 227 cm³/mol. The number of rotatable bonds is 15. The molecule has 0 unspecified atom stereocenters. The van der Waals surface area contributed by atoms with Gasteiger partial charge in [-0.1, -0.05) is 77.1 Å². The first kappa shape index (κ1) is 43.7. The highest BCUT2D eigenvalue weighted by Crippen LogP contribution is 2.28. The Kier molecular flexibility index (Phi) is 14.9. The van der Waals surface area contributed by atoms with Crippen molar-refractivity contribution in [2.75, 3.05) is 48.8 Å². The first-order valence-electron chi connectivity index (χ1n) is 20.5. The number of hydrogen-bond donors (Lipinski definition) is 3. The number of alkyl carbamates (subject to hydrolysis) is 1. The second kappa shape index (κ2) is 19.8. The third-order valence-electron chi connectivity index (χ3n) is 11.3. The Hall–Kier alpha value is -5.43. The number of hydrogen-bond acceptors (Lipinski definition) is 8. The second-order valence-electron chi connectivity index (χ2n) is 16.3. The molecule has 3 aromatic rings. The van der Waals surface area contributed by atoms with Crippen molar-refractivity contribution in [2.24, 2.45) is 5.41 Å². The molecule has 4 atom stereocenters. The number of likely N-dealkylation sites (tertiary alicyclic amines) is 2. The minimum absolute atomic E-state index is 0.00279. The third kappa shape index (κ3) is 10.9. The summed E-state index contributed by atoms with van der Waals surface area (Å²) in [5.74, 6) is -0.736. The number of benzene rings is 3. The number of likely N-dealkylation sites (N-methyl/N-ethyl adjacent to an activating group) is 1. The fraction of sp³-hybridized carbons (Fsp3) is 0.489.